The monoisotopic (exact) mass is 391 g/mol. The Balaban J connectivity index is 1.69. The van der Waals surface area contributed by atoms with Gasteiger partial charge in [0.05, 0.1) is 11.4 Å². The molecule has 27 heavy (non-hydrogen) atoms. The van der Waals surface area contributed by atoms with E-state index in [9.17, 15) is 14.4 Å². The van der Waals surface area contributed by atoms with Crippen molar-refractivity contribution in [3.05, 3.63) is 23.4 Å². The zero-order valence-corrected chi connectivity index (χ0v) is 16.2. The van der Waals surface area contributed by atoms with Crippen LogP contribution in [0.1, 0.15) is 33.1 Å². The van der Waals surface area contributed by atoms with Gasteiger partial charge in [-0.05, 0) is 31.7 Å². The van der Waals surface area contributed by atoms with Crippen LogP contribution in [0, 0.1) is 0 Å². The van der Waals surface area contributed by atoms with Gasteiger partial charge in [-0.3, -0.25) is 14.5 Å². The van der Waals surface area contributed by atoms with Gasteiger partial charge >= 0.3 is 6.03 Å². The second-order valence-corrected chi connectivity index (χ2v) is 7.69. The summed E-state index contributed by atoms with van der Waals surface area (Å²) in [5.41, 5.74) is -1.00. The summed E-state index contributed by atoms with van der Waals surface area (Å²) >= 11 is 1.48. The van der Waals surface area contributed by atoms with Crippen molar-refractivity contribution in [2.75, 3.05) is 13.1 Å². The molecule has 4 amide bonds. The van der Waals surface area contributed by atoms with Crippen molar-refractivity contribution in [3.8, 4) is 10.8 Å². The molecule has 3 heterocycles. The number of nitrogens with zero attached hydrogens (tertiary/aromatic N) is 4. The Labute approximate surface area is 160 Å². The molecule has 144 valence electrons. The minimum absolute atomic E-state index is 0.123. The van der Waals surface area contributed by atoms with Crippen LogP contribution in [0.25, 0.3) is 10.8 Å². The van der Waals surface area contributed by atoms with Crippen molar-refractivity contribution in [2.45, 2.75) is 39.3 Å². The summed E-state index contributed by atoms with van der Waals surface area (Å²) in [6.45, 7) is 5.39. The number of rotatable bonds is 7. The minimum atomic E-state index is -1.00. The zero-order chi connectivity index (χ0) is 19.6. The van der Waals surface area contributed by atoms with E-state index in [4.69, 9.17) is 4.42 Å². The maximum Gasteiger partial charge on any atom is 0.325 e. The van der Waals surface area contributed by atoms with E-state index in [-0.39, 0.29) is 19.0 Å². The standard InChI is InChI=1S/C17H21N5O4S/c1-4-7-21(9-12-19-20-14(26-12)11-6-5-8-27-11)13(23)10-22-15(24)17(2,3)18-16(22)25/h5-6,8H,4,7,9-10H2,1-3H3,(H,18,25). The van der Waals surface area contributed by atoms with Crippen LogP contribution >= 0.6 is 11.3 Å². The number of carbonyl (C=O) groups excluding carboxylic acids is 3. The minimum Gasteiger partial charge on any atom is -0.418 e. The van der Waals surface area contributed by atoms with Gasteiger partial charge in [-0.25, -0.2) is 4.79 Å². The van der Waals surface area contributed by atoms with Gasteiger partial charge < -0.3 is 14.6 Å². The summed E-state index contributed by atoms with van der Waals surface area (Å²) in [5, 5.41) is 12.5. The first kappa shape index (κ1) is 19.0. The normalized spacial score (nSPS) is 15.9. The van der Waals surface area contributed by atoms with E-state index in [2.05, 4.69) is 15.5 Å². The number of hydrogen-bond donors (Lipinski definition) is 1. The van der Waals surface area contributed by atoms with E-state index in [0.717, 1.165) is 9.78 Å². The second-order valence-electron chi connectivity index (χ2n) is 6.74. The van der Waals surface area contributed by atoms with Crippen molar-refractivity contribution in [3.63, 3.8) is 0 Å². The maximum atomic E-state index is 12.7. The SMILES string of the molecule is CCCN(Cc1nnc(-c2cccs2)o1)C(=O)CN1C(=O)NC(C)(C)C1=O. The van der Waals surface area contributed by atoms with E-state index in [1.807, 2.05) is 24.4 Å². The predicted octanol–water partition coefficient (Wildman–Crippen LogP) is 1.87. The van der Waals surface area contributed by atoms with Gasteiger partial charge in [-0.15, -0.1) is 21.5 Å². The van der Waals surface area contributed by atoms with Crippen LogP contribution < -0.4 is 5.32 Å². The Morgan fingerprint density at radius 1 is 1.37 bits per heavy atom. The second kappa shape index (κ2) is 7.47. The van der Waals surface area contributed by atoms with E-state index in [1.54, 1.807) is 13.8 Å². The summed E-state index contributed by atoms with van der Waals surface area (Å²) in [6, 6.07) is 3.19. The molecule has 0 aromatic carbocycles. The van der Waals surface area contributed by atoms with E-state index in [1.165, 1.54) is 16.2 Å². The van der Waals surface area contributed by atoms with Crippen LogP contribution in [0.15, 0.2) is 21.9 Å². The van der Waals surface area contributed by atoms with Gasteiger partial charge in [0.15, 0.2) is 0 Å². The van der Waals surface area contributed by atoms with Crippen molar-refractivity contribution in [1.82, 2.24) is 25.3 Å². The van der Waals surface area contributed by atoms with Gasteiger partial charge in [0.2, 0.25) is 11.8 Å². The molecular weight excluding hydrogens is 370 g/mol. The fourth-order valence-corrected chi connectivity index (χ4v) is 3.38. The number of imide groups is 1. The summed E-state index contributed by atoms with van der Waals surface area (Å²) in [7, 11) is 0. The zero-order valence-electron chi connectivity index (χ0n) is 15.4. The topological polar surface area (TPSA) is 109 Å². The maximum absolute atomic E-state index is 12.7. The van der Waals surface area contributed by atoms with Crippen LogP contribution in [0.5, 0.6) is 0 Å². The Hall–Kier alpha value is -2.75. The molecule has 1 N–H and O–H groups in total. The summed E-state index contributed by atoms with van der Waals surface area (Å²) in [6.07, 6.45) is 0.712. The Kier molecular flexibility index (Phi) is 5.26. The molecule has 1 aliphatic rings. The van der Waals surface area contributed by atoms with E-state index in [0.29, 0.717) is 24.7 Å². The highest BCUT2D eigenvalue weighted by Gasteiger charge is 2.45. The molecule has 1 saturated heterocycles. The summed E-state index contributed by atoms with van der Waals surface area (Å²) < 4.78 is 5.63. The number of urea groups is 1. The molecule has 1 aliphatic heterocycles. The quantitative estimate of drug-likeness (QED) is 0.722. The highest BCUT2D eigenvalue weighted by molar-refractivity contribution is 7.13. The third kappa shape index (κ3) is 4.00. The Morgan fingerprint density at radius 3 is 2.74 bits per heavy atom. The molecule has 0 aliphatic carbocycles. The van der Waals surface area contributed by atoms with E-state index >= 15 is 0 Å². The third-order valence-electron chi connectivity index (χ3n) is 4.11. The average Bonchev–Trinajstić information content (AvgIpc) is 3.32. The first-order valence-corrected chi connectivity index (χ1v) is 9.48. The number of hydrogen-bond acceptors (Lipinski definition) is 7. The highest BCUT2D eigenvalue weighted by atomic mass is 32.1. The highest BCUT2D eigenvalue weighted by Crippen LogP contribution is 2.23. The average molecular weight is 391 g/mol. The molecule has 0 saturated carbocycles. The van der Waals surface area contributed by atoms with Crippen LogP contribution in [0.4, 0.5) is 4.79 Å². The number of nitrogens with one attached hydrogen (secondary N) is 1. The smallest absolute Gasteiger partial charge is 0.325 e. The lowest BCUT2D eigenvalue weighted by molar-refractivity contribution is -0.139. The largest absolute Gasteiger partial charge is 0.418 e. The number of aromatic nitrogens is 2. The van der Waals surface area contributed by atoms with Gasteiger partial charge in [0.1, 0.15) is 12.1 Å². The van der Waals surface area contributed by atoms with Gasteiger partial charge in [0.25, 0.3) is 11.8 Å². The molecule has 1 fully saturated rings. The van der Waals surface area contributed by atoms with Crippen LogP contribution in [0.2, 0.25) is 0 Å². The molecule has 0 spiro atoms. The van der Waals surface area contributed by atoms with Gasteiger partial charge in [0, 0.05) is 6.54 Å². The fraction of sp³-hybridized carbons (Fsp3) is 0.471. The van der Waals surface area contributed by atoms with Crippen molar-refractivity contribution < 1.29 is 18.8 Å². The van der Waals surface area contributed by atoms with Crippen molar-refractivity contribution in [2.24, 2.45) is 0 Å². The molecule has 2 aromatic rings. The molecule has 3 rings (SSSR count). The Bertz CT molecular complexity index is 845. The number of carbonyl (C=O) groups is 3. The first-order valence-electron chi connectivity index (χ1n) is 8.60. The molecule has 0 atom stereocenters. The molecule has 10 heteroatoms. The molecule has 0 radical (unpaired) electrons. The van der Waals surface area contributed by atoms with Gasteiger partial charge in [-0.1, -0.05) is 13.0 Å². The molecular formula is C17H21N5O4S. The van der Waals surface area contributed by atoms with Crippen molar-refractivity contribution in [1.29, 1.82) is 0 Å². The number of amides is 4. The predicted molar refractivity (Wildman–Crippen MR) is 97.6 cm³/mol. The Morgan fingerprint density at radius 2 is 2.15 bits per heavy atom. The molecule has 0 unspecified atom stereocenters. The lowest BCUT2D eigenvalue weighted by Crippen LogP contribution is -2.44. The van der Waals surface area contributed by atoms with Gasteiger partial charge in [-0.2, -0.15) is 0 Å². The van der Waals surface area contributed by atoms with E-state index < -0.39 is 17.5 Å². The molecule has 0 bridgehead atoms. The molecule has 9 nitrogen and oxygen atoms in total. The fourth-order valence-electron chi connectivity index (χ4n) is 2.74. The van der Waals surface area contributed by atoms with Crippen molar-refractivity contribution >= 4 is 29.2 Å². The summed E-state index contributed by atoms with van der Waals surface area (Å²) in [5.74, 6) is -0.0681. The number of thiophene rings is 1. The van der Waals surface area contributed by atoms with Crippen LogP contribution in [0.3, 0.4) is 0 Å². The van der Waals surface area contributed by atoms with Crippen LogP contribution in [-0.4, -0.2) is 56.5 Å². The molecule has 2 aromatic heterocycles. The lowest BCUT2D eigenvalue weighted by atomic mass is 10.1. The van der Waals surface area contributed by atoms with Crippen LogP contribution in [-0.2, 0) is 16.1 Å². The lowest BCUT2D eigenvalue weighted by Gasteiger charge is -2.23. The third-order valence-corrected chi connectivity index (χ3v) is 4.97. The first-order chi connectivity index (χ1) is 12.8. The summed E-state index contributed by atoms with van der Waals surface area (Å²) in [4.78, 5) is 40.3.